The van der Waals surface area contributed by atoms with Crippen LogP contribution in [0.5, 0.6) is 0 Å². The number of imidazole rings is 1. The molecule has 23 heavy (non-hydrogen) atoms. The Bertz CT molecular complexity index is 976. The van der Waals surface area contributed by atoms with Crippen LogP contribution in [0.4, 0.5) is 0 Å². The summed E-state index contributed by atoms with van der Waals surface area (Å²) in [6.07, 6.45) is 2.40. The minimum atomic E-state index is 0.385. The van der Waals surface area contributed by atoms with E-state index in [9.17, 15) is 0 Å². The number of hydrogen-bond donors (Lipinski definition) is 2. The first-order valence-electron chi connectivity index (χ1n) is 7.68. The summed E-state index contributed by atoms with van der Waals surface area (Å²) in [6, 6.07) is 11.4. The third kappa shape index (κ3) is 2.45. The molecule has 1 aliphatic rings. The number of halogens is 1. The van der Waals surface area contributed by atoms with Gasteiger partial charge < -0.3 is 10.3 Å². The second-order valence-corrected chi connectivity index (χ2v) is 9.44. The van der Waals surface area contributed by atoms with Gasteiger partial charge in [0.15, 0.2) is 0 Å². The fourth-order valence-electron chi connectivity index (χ4n) is 3.21. The van der Waals surface area contributed by atoms with Crippen molar-refractivity contribution < 1.29 is 0 Å². The SMILES string of the molecule is Brc1cc2sc(-c3ccc4nc([C@@H]5CCCN5)[nH]c4c3)cc2s1. The number of thiophene rings is 2. The zero-order chi connectivity index (χ0) is 15.4. The predicted molar refractivity (Wildman–Crippen MR) is 102 cm³/mol. The molecular weight excluding hydrogens is 390 g/mol. The molecule has 4 aromatic rings. The van der Waals surface area contributed by atoms with Crippen LogP contribution in [-0.4, -0.2) is 16.5 Å². The predicted octanol–water partition coefficient (Wildman–Crippen LogP) is 5.69. The maximum atomic E-state index is 4.76. The lowest BCUT2D eigenvalue weighted by atomic mass is 10.1. The standard InChI is InChI=1S/C17H14BrN3S2/c18-16-8-15-14(23-16)7-13(22-15)9-3-4-10-12(6-9)21-17(20-10)11-2-1-5-19-11/h3-4,6-8,11,19H,1-2,5H2,(H,20,21)/t11-/m0/s1. The van der Waals surface area contributed by atoms with Crippen molar-refractivity contribution in [2.24, 2.45) is 0 Å². The topological polar surface area (TPSA) is 40.7 Å². The van der Waals surface area contributed by atoms with Crippen molar-refractivity contribution in [3.8, 4) is 10.4 Å². The van der Waals surface area contributed by atoms with Gasteiger partial charge in [-0.25, -0.2) is 4.98 Å². The van der Waals surface area contributed by atoms with Gasteiger partial charge in [-0.3, -0.25) is 0 Å². The summed E-state index contributed by atoms with van der Waals surface area (Å²) in [5.41, 5.74) is 3.44. The number of aromatic nitrogens is 2. The molecule has 2 N–H and O–H groups in total. The van der Waals surface area contributed by atoms with Gasteiger partial charge in [-0.1, -0.05) is 6.07 Å². The molecule has 3 nitrogen and oxygen atoms in total. The lowest BCUT2D eigenvalue weighted by molar-refractivity contribution is 0.614. The molecule has 6 heteroatoms. The highest BCUT2D eigenvalue weighted by Gasteiger charge is 2.19. The number of nitrogens with one attached hydrogen (secondary N) is 2. The lowest BCUT2D eigenvalue weighted by Gasteiger charge is -2.04. The van der Waals surface area contributed by atoms with Gasteiger partial charge in [-0.05, 0) is 65.1 Å². The van der Waals surface area contributed by atoms with E-state index in [4.69, 9.17) is 4.98 Å². The van der Waals surface area contributed by atoms with E-state index < -0.39 is 0 Å². The fraction of sp³-hybridized carbons (Fsp3) is 0.235. The zero-order valence-electron chi connectivity index (χ0n) is 12.2. The second-order valence-electron chi connectivity index (χ2n) is 5.89. The van der Waals surface area contributed by atoms with E-state index in [0.717, 1.165) is 23.4 Å². The lowest BCUT2D eigenvalue weighted by Crippen LogP contribution is -2.13. The van der Waals surface area contributed by atoms with Crippen LogP contribution in [0, 0.1) is 0 Å². The van der Waals surface area contributed by atoms with Gasteiger partial charge in [0, 0.05) is 14.3 Å². The molecule has 1 aromatic carbocycles. The maximum Gasteiger partial charge on any atom is 0.124 e. The summed E-state index contributed by atoms with van der Waals surface area (Å²) in [7, 11) is 0. The van der Waals surface area contributed by atoms with Crippen molar-refractivity contribution in [1.29, 1.82) is 0 Å². The van der Waals surface area contributed by atoms with Gasteiger partial charge in [0.25, 0.3) is 0 Å². The van der Waals surface area contributed by atoms with Crippen LogP contribution in [0.15, 0.2) is 34.1 Å². The highest BCUT2D eigenvalue weighted by molar-refractivity contribution is 9.11. The van der Waals surface area contributed by atoms with E-state index in [1.165, 1.54) is 36.5 Å². The number of fused-ring (bicyclic) bond motifs is 2. The molecule has 0 aliphatic carbocycles. The monoisotopic (exact) mass is 403 g/mol. The smallest absolute Gasteiger partial charge is 0.124 e. The Balaban J connectivity index is 1.56. The summed E-state index contributed by atoms with van der Waals surface area (Å²) in [6.45, 7) is 1.09. The molecule has 5 rings (SSSR count). The average Bonchev–Trinajstić information content (AvgIpc) is 3.28. The molecule has 3 aromatic heterocycles. The molecule has 0 radical (unpaired) electrons. The molecular formula is C17H14BrN3S2. The Kier molecular flexibility index (Phi) is 3.33. The maximum absolute atomic E-state index is 4.76. The first-order valence-corrected chi connectivity index (χ1v) is 10.1. The van der Waals surface area contributed by atoms with Gasteiger partial charge in [0.05, 0.1) is 20.9 Å². The van der Waals surface area contributed by atoms with Crippen molar-refractivity contribution in [1.82, 2.24) is 15.3 Å². The minimum Gasteiger partial charge on any atom is -0.341 e. The Hall–Kier alpha value is -1.21. The Morgan fingerprint density at radius 1 is 1.13 bits per heavy atom. The van der Waals surface area contributed by atoms with Crippen LogP contribution in [0.3, 0.4) is 0 Å². The van der Waals surface area contributed by atoms with E-state index in [-0.39, 0.29) is 0 Å². The van der Waals surface area contributed by atoms with E-state index >= 15 is 0 Å². The second kappa shape index (κ2) is 5.41. The number of aromatic amines is 1. The van der Waals surface area contributed by atoms with Crippen molar-refractivity contribution in [2.45, 2.75) is 18.9 Å². The van der Waals surface area contributed by atoms with Gasteiger partial charge in [0.1, 0.15) is 5.82 Å². The molecule has 0 bridgehead atoms. The highest BCUT2D eigenvalue weighted by atomic mass is 79.9. The number of nitrogens with zero attached hydrogens (tertiary/aromatic N) is 1. The molecule has 0 saturated carbocycles. The van der Waals surface area contributed by atoms with E-state index in [1.54, 1.807) is 11.3 Å². The van der Waals surface area contributed by atoms with Crippen molar-refractivity contribution in [3.05, 3.63) is 39.9 Å². The molecule has 0 amide bonds. The quantitative estimate of drug-likeness (QED) is 0.450. The molecule has 116 valence electrons. The summed E-state index contributed by atoms with van der Waals surface area (Å²) in [5, 5.41) is 3.50. The van der Waals surface area contributed by atoms with E-state index in [0.29, 0.717) is 6.04 Å². The molecule has 1 atom stereocenters. The van der Waals surface area contributed by atoms with Crippen LogP contribution >= 0.6 is 38.6 Å². The molecule has 1 saturated heterocycles. The molecule has 0 unspecified atom stereocenters. The third-order valence-electron chi connectivity index (χ3n) is 4.35. The van der Waals surface area contributed by atoms with Crippen LogP contribution in [0.1, 0.15) is 24.7 Å². The largest absolute Gasteiger partial charge is 0.341 e. The normalized spacial score (nSPS) is 18.4. The fourth-order valence-corrected chi connectivity index (χ4v) is 6.23. The van der Waals surface area contributed by atoms with Crippen molar-refractivity contribution in [3.63, 3.8) is 0 Å². The van der Waals surface area contributed by atoms with Gasteiger partial charge >= 0.3 is 0 Å². The van der Waals surface area contributed by atoms with E-state index in [1.807, 2.05) is 11.3 Å². The summed E-state index contributed by atoms with van der Waals surface area (Å²) in [4.78, 5) is 9.58. The van der Waals surface area contributed by atoms with Crippen molar-refractivity contribution >= 4 is 59.0 Å². The minimum absolute atomic E-state index is 0.385. The number of hydrogen-bond acceptors (Lipinski definition) is 4. The number of rotatable bonds is 2. The van der Waals surface area contributed by atoms with Gasteiger partial charge in [-0.15, -0.1) is 22.7 Å². The number of H-pyrrole nitrogens is 1. The van der Waals surface area contributed by atoms with Crippen LogP contribution < -0.4 is 5.32 Å². The highest BCUT2D eigenvalue weighted by Crippen LogP contribution is 2.40. The first-order chi connectivity index (χ1) is 11.3. The number of benzene rings is 1. The van der Waals surface area contributed by atoms with Gasteiger partial charge in [0.2, 0.25) is 0 Å². The summed E-state index contributed by atoms with van der Waals surface area (Å²) >= 11 is 7.19. The molecule has 1 fully saturated rings. The Morgan fingerprint density at radius 3 is 2.87 bits per heavy atom. The van der Waals surface area contributed by atoms with Gasteiger partial charge in [-0.2, -0.15) is 0 Å². The Labute approximate surface area is 149 Å². The summed E-state index contributed by atoms with van der Waals surface area (Å²) < 4.78 is 3.89. The molecule has 1 aliphatic heterocycles. The average molecular weight is 404 g/mol. The molecule has 0 spiro atoms. The van der Waals surface area contributed by atoms with Crippen molar-refractivity contribution in [2.75, 3.05) is 6.54 Å². The van der Waals surface area contributed by atoms with Crippen LogP contribution in [0.25, 0.3) is 30.9 Å². The van der Waals surface area contributed by atoms with E-state index in [2.05, 4.69) is 56.6 Å². The molecule has 4 heterocycles. The first kappa shape index (κ1) is 14.2. The van der Waals surface area contributed by atoms with Crippen LogP contribution in [0.2, 0.25) is 0 Å². The third-order valence-corrected chi connectivity index (χ3v) is 7.20. The zero-order valence-corrected chi connectivity index (χ0v) is 15.4. The summed E-state index contributed by atoms with van der Waals surface area (Å²) in [5.74, 6) is 1.07. The Morgan fingerprint density at radius 2 is 2.04 bits per heavy atom. The van der Waals surface area contributed by atoms with Crippen LogP contribution in [-0.2, 0) is 0 Å².